The molecule has 1 amide bonds. The monoisotopic (exact) mass is 296 g/mol. The molecule has 0 bridgehead atoms. The van der Waals surface area contributed by atoms with Gasteiger partial charge in [0.2, 0.25) is 0 Å². The molecule has 0 saturated heterocycles. The molecule has 22 heavy (non-hydrogen) atoms. The van der Waals surface area contributed by atoms with Gasteiger partial charge in [0.1, 0.15) is 11.0 Å². The number of aromatic amines is 1. The largest absolute Gasteiger partial charge is 0.328 e. The zero-order chi connectivity index (χ0) is 15.3. The molecule has 1 N–H and O–H groups in total. The van der Waals surface area contributed by atoms with Crippen LogP contribution in [0.4, 0.5) is 4.39 Å². The standard InChI is InChI=1S/C16H13FN4O/c1-9-11-4-2-3-5-12(11)16(22)21(9)8-10-6-13(17)15-14(7-10)18-20-19-15/h2-7,9H,8H2,1H3,(H,18,19,20). The molecule has 0 spiro atoms. The number of hydrogen-bond donors (Lipinski definition) is 1. The van der Waals surface area contributed by atoms with Gasteiger partial charge in [0.15, 0.2) is 5.82 Å². The van der Waals surface area contributed by atoms with Crippen molar-refractivity contribution >= 4 is 16.9 Å². The number of amides is 1. The van der Waals surface area contributed by atoms with Crippen molar-refractivity contribution in [1.82, 2.24) is 20.3 Å². The van der Waals surface area contributed by atoms with E-state index >= 15 is 0 Å². The van der Waals surface area contributed by atoms with E-state index in [9.17, 15) is 9.18 Å². The van der Waals surface area contributed by atoms with Gasteiger partial charge in [-0.15, -0.1) is 5.10 Å². The third-order valence-corrected chi connectivity index (χ3v) is 4.17. The first kappa shape index (κ1) is 12.9. The highest BCUT2D eigenvalue weighted by molar-refractivity contribution is 5.99. The molecule has 4 rings (SSSR count). The molecule has 6 heteroatoms. The summed E-state index contributed by atoms with van der Waals surface area (Å²) in [6.07, 6.45) is 0. The second-order valence-electron chi connectivity index (χ2n) is 5.48. The summed E-state index contributed by atoms with van der Waals surface area (Å²) < 4.78 is 14.0. The van der Waals surface area contributed by atoms with Crippen LogP contribution in [-0.2, 0) is 6.54 Å². The fourth-order valence-electron chi connectivity index (χ4n) is 3.02. The predicted octanol–water partition coefficient (Wildman–Crippen LogP) is 2.81. The highest BCUT2D eigenvalue weighted by atomic mass is 19.1. The summed E-state index contributed by atoms with van der Waals surface area (Å²) in [5.74, 6) is -0.432. The van der Waals surface area contributed by atoms with Crippen molar-refractivity contribution in [3.63, 3.8) is 0 Å². The van der Waals surface area contributed by atoms with E-state index < -0.39 is 5.82 Å². The molecule has 3 aromatic rings. The molecule has 0 fully saturated rings. The predicted molar refractivity (Wildman–Crippen MR) is 78.6 cm³/mol. The smallest absolute Gasteiger partial charge is 0.255 e. The van der Waals surface area contributed by atoms with Crippen LogP contribution in [0.3, 0.4) is 0 Å². The van der Waals surface area contributed by atoms with Gasteiger partial charge in [-0.25, -0.2) is 4.39 Å². The molecule has 0 radical (unpaired) electrons. The Morgan fingerprint density at radius 1 is 1.32 bits per heavy atom. The first-order valence-corrected chi connectivity index (χ1v) is 7.04. The van der Waals surface area contributed by atoms with Crippen LogP contribution in [0.5, 0.6) is 0 Å². The van der Waals surface area contributed by atoms with Gasteiger partial charge >= 0.3 is 0 Å². The number of aromatic nitrogens is 3. The Morgan fingerprint density at radius 3 is 2.95 bits per heavy atom. The van der Waals surface area contributed by atoms with Gasteiger partial charge in [0.05, 0.1) is 6.04 Å². The maximum absolute atomic E-state index is 14.0. The fourth-order valence-corrected chi connectivity index (χ4v) is 3.02. The maximum Gasteiger partial charge on any atom is 0.255 e. The Balaban J connectivity index is 1.70. The number of hydrogen-bond acceptors (Lipinski definition) is 3. The van der Waals surface area contributed by atoms with Crippen molar-refractivity contribution in [1.29, 1.82) is 0 Å². The molecule has 1 aliphatic heterocycles. The Labute approximate surface area is 125 Å². The summed E-state index contributed by atoms with van der Waals surface area (Å²) in [4.78, 5) is 14.2. The minimum Gasteiger partial charge on any atom is -0.328 e. The normalized spacial score (nSPS) is 17.3. The van der Waals surface area contributed by atoms with E-state index in [-0.39, 0.29) is 17.5 Å². The zero-order valence-electron chi connectivity index (χ0n) is 11.9. The molecule has 2 heterocycles. The fraction of sp³-hybridized carbons (Fsp3) is 0.188. The van der Waals surface area contributed by atoms with Gasteiger partial charge < -0.3 is 4.90 Å². The van der Waals surface area contributed by atoms with Crippen LogP contribution < -0.4 is 0 Å². The van der Waals surface area contributed by atoms with Gasteiger partial charge in [0.25, 0.3) is 5.91 Å². The summed E-state index contributed by atoms with van der Waals surface area (Å²) in [6.45, 7) is 2.32. The first-order valence-electron chi connectivity index (χ1n) is 7.04. The number of benzene rings is 2. The van der Waals surface area contributed by atoms with E-state index in [1.807, 2.05) is 31.2 Å². The second kappa shape index (κ2) is 4.62. The second-order valence-corrected chi connectivity index (χ2v) is 5.48. The molecule has 110 valence electrons. The van der Waals surface area contributed by atoms with Gasteiger partial charge in [-0.3, -0.25) is 9.89 Å². The molecule has 5 nitrogen and oxygen atoms in total. The Hall–Kier alpha value is -2.76. The summed E-state index contributed by atoms with van der Waals surface area (Å²) >= 11 is 0. The van der Waals surface area contributed by atoms with Crippen molar-refractivity contribution in [2.75, 3.05) is 0 Å². The molecular weight excluding hydrogens is 283 g/mol. The lowest BCUT2D eigenvalue weighted by atomic mass is 10.1. The molecule has 1 unspecified atom stereocenters. The van der Waals surface area contributed by atoms with Crippen LogP contribution in [0.15, 0.2) is 36.4 Å². The van der Waals surface area contributed by atoms with Crippen molar-refractivity contribution in [3.05, 3.63) is 58.9 Å². The lowest BCUT2D eigenvalue weighted by Gasteiger charge is -2.22. The highest BCUT2D eigenvalue weighted by Crippen LogP contribution is 2.34. The molecule has 1 aromatic heterocycles. The average molecular weight is 296 g/mol. The van der Waals surface area contributed by atoms with Crippen LogP contribution in [0.1, 0.15) is 34.5 Å². The van der Waals surface area contributed by atoms with Crippen molar-refractivity contribution in [2.45, 2.75) is 19.5 Å². The van der Waals surface area contributed by atoms with E-state index in [0.717, 1.165) is 11.1 Å². The van der Waals surface area contributed by atoms with E-state index in [2.05, 4.69) is 15.4 Å². The summed E-state index contributed by atoms with van der Waals surface area (Å²) in [6, 6.07) is 10.7. The van der Waals surface area contributed by atoms with Crippen LogP contribution in [0, 0.1) is 5.82 Å². The zero-order valence-corrected chi connectivity index (χ0v) is 11.9. The number of nitrogens with one attached hydrogen (secondary N) is 1. The third kappa shape index (κ3) is 1.80. The van der Waals surface area contributed by atoms with Crippen LogP contribution in [-0.4, -0.2) is 26.2 Å². The maximum atomic E-state index is 14.0. The quantitative estimate of drug-likeness (QED) is 0.791. The minimum absolute atomic E-state index is 0.0243. The third-order valence-electron chi connectivity index (χ3n) is 4.17. The molecule has 2 aromatic carbocycles. The van der Waals surface area contributed by atoms with Crippen LogP contribution in [0.25, 0.3) is 11.0 Å². The number of halogens is 1. The van der Waals surface area contributed by atoms with Crippen molar-refractivity contribution < 1.29 is 9.18 Å². The van der Waals surface area contributed by atoms with E-state index in [1.165, 1.54) is 6.07 Å². The Bertz CT molecular complexity index is 889. The number of nitrogens with zero attached hydrogens (tertiary/aromatic N) is 3. The molecule has 0 saturated carbocycles. The summed E-state index contributed by atoms with van der Waals surface area (Å²) in [5.41, 5.74) is 3.18. The summed E-state index contributed by atoms with van der Waals surface area (Å²) in [7, 11) is 0. The number of H-pyrrole nitrogens is 1. The Kier molecular flexibility index (Phi) is 2.72. The Morgan fingerprint density at radius 2 is 2.14 bits per heavy atom. The molecule has 0 aliphatic carbocycles. The number of carbonyl (C=O) groups is 1. The average Bonchev–Trinajstić information content (AvgIpc) is 3.08. The van der Waals surface area contributed by atoms with E-state index in [0.29, 0.717) is 17.6 Å². The van der Waals surface area contributed by atoms with Gasteiger partial charge in [-0.2, -0.15) is 0 Å². The first-order chi connectivity index (χ1) is 10.6. The summed E-state index contributed by atoms with van der Waals surface area (Å²) in [5, 5.41) is 9.97. The van der Waals surface area contributed by atoms with E-state index in [4.69, 9.17) is 0 Å². The minimum atomic E-state index is -0.408. The van der Waals surface area contributed by atoms with Crippen molar-refractivity contribution in [3.8, 4) is 0 Å². The van der Waals surface area contributed by atoms with Crippen molar-refractivity contribution in [2.24, 2.45) is 0 Å². The number of rotatable bonds is 2. The molecule has 1 aliphatic rings. The lowest BCUT2D eigenvalue weighted by Crippen LogP contribution is -2.26. The van der Waals surface area contributed by atoms with Crippen LogP contribution >= 0.6 is 0 Å². The van der Waals surface area contributed by atoms with E-state index in [1.54, 1.807) is 11.0 Å². The SMILES string of the molecule is CC1c2ccccc2C(=O)N1Cc1cc(F)c2[nH]nnc2c1. The lowest BCUT2D eigenvalue weighted by molar-refractivity contribution is 0.0723. The van der Waals surface area contributed by atoms with Gasteiger partial charge in [-0.05, 0) is 36.2 Å². The van der Waals surface area contributed by atoms with Gasteiger partial charge in [-0.1, -0.05) is 23.4 Å². The van der Waals surface area contributed by atoms with Gasteiger partial charge in [0, 0.05) is 12.1 Å². The topological polar surface area (TPSA) is 61.9 Å². The van der Waals surface area contributed by atoms with Crippen LogP contribution in [0.2, 0.25) is 0 Å². The highest BCUT2D eigenvalue weighted by Gasteiger charge is 2.33. The number of carbonyl (C=O) groups excluding carboxylic acids is 1. The number of fused-ring (bicyclic) bond motifs is 2. The molecule has 1 atom stereocenters. The molecular formula is C16H13FN4O.